The summed E-state index contributed by atoms with van der Waals surface area (Å²) < 4.78 is 7.03. The van der Waals surface area contributed by atoms with Crippen molar-refractivity contribution < 1.29 is 14.3 Å². The van der Waals surface area contributed by atoms with Crippen molar-refractivity contribution >= 4 is 33.4 Å². The summed E-state index contributed by atoms with van der Waals surface area (Å²) >= 11 is 1.20. The van der Waals surface area contributed by atoms with E-state index in [1.54, 1.807) is 6.92 Å². The standard InChI is InChI=1S/C21H27N3O4S/c1-14-17-19(29-18(14)21(27)28-15-8-4-2-5-9-15)22-13-24(20(17)26)12-16(25)23-10-6-3-7-11-23/h13,15H,2-12H2,1H3. The molecule has 2 aromatic rings. The lowest BCUT2D eigenvalue weighted by atomic mass is 9.98. The Morgan fingerprint density at radius 1 is 1.14 bits per heavy atom. The van der Waals surface area contributed by atoms with E-state index in [1.165, 1.54) is 28.7 Å². The van der Waals surface area contributed by atoms with Gasteiger partial charge in [-0.15, -0.1) is 11.3 Å². The van der Waals surface area contributed by atoms with Crippen LogP contribution in [0, 0.1) is 6.92 Å². The van der Waals surface area contributed by atoms with Gasteiger partial charge < -0.3 is 9.64 Å². The second-order valence-electron chi connectivity index (χ2n) is 8.02. The van der Waals surface area contributed by atoms with Crippen LogP contribution in [0.5, 0.6) is 0 Å². The van der Waals surface area contributed by atoms with Gasteiger partial charge in [-0.2, -0.15) is 0 Å². The van der Waals surface area contributed by atoms with E-state index in [0.29, 0.717) is 20.7 Å². The van der Waals surface area contributed by atoms with Crippen molar-refractivity contribution in [2.45, 2.75) is 70.9 Å². The minimum atomic E-state index is -0.368. The SMILES string of the molecule is Cc1c(C(=O)OC2CCCCC2)sc2ncn(CC(=O)N3CCCCC3)c(=O)c12. The maximum Gasteiger partial charge on any atom is 0.348 e. The van der Waals surface area contributed by atoms with Gasteiger partial charge in [0.2, 0.25) is 5.91 Å². The van der Waals surface area contributed by atoms with E-state index in [4.69, 9.17) is 4.74 Å². The fourth-order valence-corrected chi connectivity index (χ4v) is 5.27. The van der Waals surface area contributed by atoms with E-state index >= 15 is 0 Å². The topological polar surface area (TPSA) is 81.5 Å². The number of carbonyl (C=O) groups excluding carboxylic acids is 2. The van der Waals surface area contributed by atoms with Gasteiger partial charge in [0, 0.05) is 13.1 Å². The van der Waals surface area contributed by atoms with E-state index in [0.717, 1.165) is 58.0 Å². The molecule has 0 N–H and O–H groups in total. The number of likely N-dealkylation sites (tertiary alicyclic amines) is 1. The molecule has 0 bridgehead atoms. The third-order valence-corrected chi connectivity index (χ3v) is 7.12. The van der Waals surface area contributed by atoms with Crippen molar-refractivity contribution in [1.29, 1.82) is 0 Å². The zero-order valence-electron chi connectivity index (χ0n) is 16.8. The Kier molecular flexibility index (Phi) is 5.99. The van der Waals surface area contributed by atoms with Crippen molar-refractivity contribution in [3.8, 4) is 0 Å². The number of nitrogens with zero attached hydrogens (tertiary/aromatic N) is 3. The Morgan fingerprint density at radius 2 is 1.83 bits per heavy atom. The average Bonchev–Trinajstić information content (AvgIpc) is 3.08. The number of hydrogen-bond acceptors (Lipinski definition) is 6. The number of ether oxygens (including phenoxy) is 1. The Bertz CT molecular complexity index is 968. The predicted molar refractivity (Wildman–Crippen MR) is 111 cm³/mol. The number of esters is 1. The van der Waals surface area contributed by atoms with E-state index in [-0.39, 0.29) is 30.1 Å². The summed E-state index contributed by atoms with van der Waals surface area (Å²) in [6, 6.07) is 0. The molecular weight excluding hydrogens is 390 g/mol. The minimum Gasteiger partial charge on any atom is -0.458 e. The Balaban J connectivity index is 1.56. The van der Waals surface area contributed by atoms with Gasteiger partial charge in [-0.25, -0.2) is 9.78 Å². The summed E-state index contributed by atoms with van der Waals surface area (Å²) in [7, 11) is 0. The lowest BCUT2D eigenvalue weighted by Gasteiger charge is -2.26. The van der Waals surface area contributed by atoms with E-state index in [2.05, 4.69) is 4.98 Å². The summed E-state index contributed by atoms with van der Waals surface area (Å²) in [6.07, 6.45) is 9.70. The molecular formula is C21H27N3O4S. The Labute approximate surface area is 173 Å². The molecule has 156 valence electrons. The van der Waals surface area contributed by atoms with Crippen molar-refractivity contribution in [2.24, 2.45) is 0 Å². The van der Waals surface area contributed by atoms with E-state index in [9.17, 15) is 14.4 Å². The summed E-state index contributed by atoms with van der Waals surface area (Å²) in [5, 5.41) is 0.416. The van der Waals surface area contributed by atoms with E-state index in [1.807, 2.05) is 4.90 Å². The second-order valence-corrected chi connectivity index (χ2v) is 9.02. The van der Waals surface area contributed by atoms with Gasteiger partial charge >= 0.3 is 5.97 Å². The molecule has 1 saturated carbocycles. The first-order valence-electron chi connectivity index (χ1n) is 10.5. The van der Waals surface area contributed by atoms with Crippen molar-refractivity contribution in [1.82, 2.24) is 14.5 Å². The van der Waals surface area contributed by atoms with Crippen LogP contribution in [0.15, 0.2) is 11.1 Å². The summed E-state index contributed by atoms with van der Waals surface area (Å²) in [5.74, 6) is -0.425. The van der Waals surface area contributed by atoms with Gasteiger partial charge in [0.15, 0.2) is 0 Å². The van der Waals surface area contributed by atoms with Crippen LogP contribution < -0.4 is 5.56 Å². The van der Waals surface area contributed by atoms with Crippen LogP contribution in [-0.2, 0) is 16.1 Å². The van der Waals surface area contributed by atoms with Crippen molar-refractivity contribution in [3.63, 3.8) is 0 Å². The molecule has 4 rings (SSSR count). The first-order chi connectivity index (χ1) is 14.0. The predicted octanol–water partition coefficient (Wildman–Crippen LogP) is 3.27. The number of aryl methyl sites for hydroxylation is 1. The molecule has 1 amide bonds. The molecule has 29 heavy (non-hydrogen) atoms. The molecule has 8 heteroatoms. The zero-order chi connectivity index (χ0) is 20.4. The molecule has 7 nitrogen and oxygen atoms in total. The lowest BCUT2D eigenvalue weighted by molar-refractivity contribution is -0.132. The summed E-state index contributed by atoms with van der Waals surface area (Å²) in [4.78, 5) is 45.3. The maximum absolute atomic E-state index is 13.0. The van der Waals surface area contributed by atoms with Crippen molar-refractivity contribution in [3.05, 3.63) is 27.1 Å². The molecule has 2 fully saturated rings. The third kappa shape index (κ3) is 4.22. The molecule has 1 aliphatic heterocycles. The van der Waals surface area contributed by atoms with Crippen LogP contribution in [0.4, 0.5) is 0 Å². The molecule has 3 heterocycles. The number of piperidine rings is 1. The van der Waals surface area contributed by atoms with Gasteiger partial charge in [0.05, 0.1) is 11.7 Å². The molecule has 0 radical (unpaired) electrons. The number of carbonyl (C=O) groups is 2. The largest absolute Gasteiger partial charge is 0.458 e. The van der Waals surface area contributed by atoms with Gasteiger partial charge in [0.25, 0.3) is 5.56 Å². The third-order valence-electron chi connectivity index (χ3n) is 5.94. The number of thiophene rings is 1. The first kappa shape index (κ1) is 20.1. The number of aromatic nitrogens is 2. The lowest BCUT2D eigenvalue weighted by Crippen LogP contribution is -2.39. The van der Waals surface area contributed by atoms with Crippen LogP contribution in [0.2, 0.25) is 0 Å². The quantitative estimate of drug-likeness (QED) is 0.713. The van der Waals surface area contributed by atoms with Gasteiger partial charge in [0.1, 0.15) is 22.4 Å². The number of amides is 1. The second kappa shape index (κ2) is 8.65. The fourth-order valence-electron chi connectivity index (χ4n) is 4.24. The minimum absolute atomic E-state index is 0.0150. The highest BCUT2D eigenvalue weighted by atomic mass is 32.1. The normalized spacial score (nSPS) is 18.2. The molecule has 2 aliphatic rings. The highest BCUT2D eigenvalue weighted by Gasteiger charge is 2.25. The number of rotatable bonds is 4. The summed E-state index contributed by atoms with van der Waals surface area (Å²) in [6.45, 7) is 3.24. The monoisotopic (exact) mass is 417 g/mol. The number of hydrogen-bond donors (Lipinski definition) is 0. The van der Waals surface area contributed by atoms with Crippen LogP contribution in [0.1, 0.15) is 66.6 Å². The Hall–Kier alpha value is -2.22. The first-order valence-corrected chi connectivity index (χ1v) is 11.3. The molecule has 1 aliphatic carbocycles. The van der Waals surface area contributed by atoms with Crippen LogP contribution in [0.3, 0.4) is 0 Å². The highest BCUT2D eigenvalue weighted by molar-refractivity contribution is 7.20. The highest BCUT2D eigenvalue weighted by Crippen LogP contribution is 2.29. The molecule has 0 spiro atoms. The molecule has 1 saturated heterocycles. The van der Waals surface area contributed by atoms with Crippen LogP contribution in [0.25, 0.3) is 10.2 Å². The molecule has 0 aromatic carbocycles. The number of fused-ring (bicyclic) bond motifs is 1. The smallest absolute Gasteiger partial charge is 0.348 e. The van der Waals surface area contributed by atoms with Crippen LogP contribution in [-0.4, -0.2) is 45.5 Å². The summed E-state index contributed by atoms with van der Waals surface area (Å²) in [5.41, 5.74) is 0.328. The Morgan fingerprint density at radius 3 is 2.55 bits per heavy atom. The van der Waals surface area contributed by atoms with E-state index < -0.39 is 0 Å². The molecule has 0 atom stereocenters. The van der Waals surface area contributed by atoms with Gasteiger partial charge in [-0.1, -0.05) is 6.42 Å². The zero-order valence-corrected chi connectivity index (χ0v) is 17.6. The molecule has 2 aromatic heterocycles. The van der Waals surface area contributed by atoms with Gasteiger partial charge in [-0.3, -0.25) is 14.2 Å². The van der Waals surface area contributed by atoms with Crippen molar-refractivity contribution in [2.75, 3.05) is 13.1 Å². The fraction of sp³-hybridized carbons (Fsp3) is 0.619. The average molecular weight is 418 g/mol. The molecule has 0 unspecified atom stereocenters. The van der Waals surface area contributed by atoms with Gasteiger partial charge in [-0.05, 0) is 57.4 Å². The van der Waals surface area contributed by atoms with Crippen LogP contribution >= 0.6 is 11.3 Å². The maximum atomic E-state index is 13.0.